The van der Waals surface area contributed by atoms with Gasteiger partial charge >= 0.3 is 5.97 Å². The van der Waals surface area contributed by atoms with Crippen molar-refractivity contribution in [2.45, 2.75) is 6.61 Å². The van der Waals surface area contributed by atoms with Gasteiger partial charge in [-0.2, -0.15) is 0 Å². The van der Waals surface area contributed by atoms with Crippen molar-refractivity contribution in [1.29, 1.82) is 0 Å². The summed E-state index contributed by atoms with van der Waals surface area (Å²) >= 11 is 0. The first-order valence-corrected chi connectivity index (χ1v) is 5.67. The van der Waals surface area contributed by atoms with Gasteiger partial charge in [0.25, 0.3) is 0 Å². The Morgan fingerprint density at radius 3 is 2.45 bits per heavy atom. The zero-order valence-corrected chi connectivity index (χ0v) is 10.3. The van der Waals surface area contributed by atoms with Crippen molar-refractivity contribution < 1.29 is 23.4 Å². The molecule has 0 unspecified atom stereocenters. The summed E-state index contributed by atoms with van der Waals surface area (Å²) in [5.74, 6) is -2.76. The largest absolute Gasteiger partial charge is 0.489 e. The molecule has 2 rings (SSSR count). The Morgan fingerprint density at radius 1 is 1.20 bits per heavy atom. The number of carboxylic acid groups (broad SMARTS) is 1. The molecule has 0 aliphatic carbocycles. The van der Waals surface area contributed by atoms with E-state index in [0.29, 0.717) is 5.56 Å². The van der Waals surface area contributed by atoms with Crippen molar-refractivity contribution in [2.75, 3.05) is 5.73 Å². The third-order valence-corrected chi connectivity index (χ3v) is 2.63. The van der Waals surface area contributed by atoms with Crippen LogP contribution in [0.15, 0.2) is 36.4 Å². The molecule has 3 N–H and O–H groups in total. The average molecular weight is 279 g/mol. The molecular weight excluding hydrogens is 268 g/mol. The second-order valence-corrected chi connectivity index (χ2v) is 4.08. The number of halogens is 2. The maximum atomic E-state index is 13.0. The van der Waals surface area contributed by atoms with E-state index in [0.717, 1.165) is 18.2 Å². The lowest BCUT2D eigenvalue weighted by Crippen LogP contribution is -2.09. The Kier molecular flexibility index (Phi) is 3.84. The van der Waals surface area contributed by atoms with Crippen molar-refractivity contribution in [2.24, 2.45) is 0 Å². The highest BCUT2D eigenvalue weighted by atomic mass is 19.1. The molecule has 0 aliphatic heterocycles. The number of carboxylic acids is 1. The highest BCUT2D eigenvalue weighted by molar-refractivity contribution is 5.95. The van der Waals surface area contributed by atoms with Crippen LogP contribution in [0.1, 0.15) is 15.9 Å². The van der Waals surface area contributed by atoms with E-state index in [1.165, 1.54) is 12.1 Å². The summed E-state index contributed by atoms with van der Waals surface area (Å²) in [6.07, 6.45) is 0. The Morgan fingerprint density at radius 2 is 1.85 bits per heavy atom. The van der Waals surface area contributed by atoms with E-state index in [-0.39, 0.29) is 23.6 Å². The van der Waals surface area contributed by atoms with E-state index in [4.69, 9.17) is 15.6 Å². The van der Waals surface area contributed by atoms with Crippen LogP contribution in [0, 0.1) is 11.6 Å². The first kappa shape index (κ1) is 13.8. The number of anilines is 1. The predicted molar refractivity (Wildman–Crippen MR) is 68.5 cm³/mol. The lowest BCUT2D eigenvalue weighted by Gasteiger charge is -2.10. The lowest BCUT2D eigenvalue weighted by atomic mass is 10.1. The highest BCUT2D eigenvalue weighted by Crippen LogP contribution is 2.21. The van der Waals surface area contributed by atoms with Crippen LogP contribution in [0.2, 0.25) is 0 Å². The summed E-state index contributed by atoms with van der Waals surface area (Å²) in [5, 5.41) is 9.08. The minimum atomic E-state index is -1.19. The molecule has 0 saturated carbocycles. The molecule has 0 amide bonds. The molecule has 2 aromatic rings. The van der Waals surface area contributed by atoms with Crippen molar-refractivity contribution in [3.05, 3.63) is 59.2 Å². The number of rotatable bonds is 4. The molecule has 0 spiro atoms. The Bertz CT molecular complexity index is 639. The van der Waals surface area contributed by atoms with Gasteiger partial charge in [0.2, 0.25) is 0 Å². The SMILES string of the molecule is Nc1cccc(COc2cc(F)cc(F)c2)c1C(=O)O. The van der Waals surface area contributed by atoms with E-state index >= 15 is 0 Å². The molecule has 2 aromatic carbocycles. The zero-order chi connectivity index (χ0) is 14.7. The smallest absolute Gasteiger partial charge is 0.338 e. The summed E-state index contributed by atoms with van der Waals surface area (Å²) in [5.41, 5.74) is 5.93. The van der Waals surface area contributed by atoms with Gasteiger partial charge in [-0.3, -0.25) is 0 Å². The summed E-state index contributed by atoms with van der Waals surface area (Å²) in [7, 11) is 0. The lowest BCUT2D eigenvalue weighted by molar-refractivity contribution is 0.0695. The van der Waals surface area contributed by atoms with Crippen LogP contribution in [0.4, 0.5) is 14.5 Å². The van der Waals surface area contributed by atoms with Crippen molar-refractivity contribution >= 4 is 11.7 Å². The Hall–Kier alpha value is -2.63. The third kappa shape index (κ3) is 3.03. The van der Waals surface area contributed by atoms with Crippen LogP contribution < -0.4 is 10.5 Å². The van der Waals surface area contributed by atoms with E-state index in [2.05, 4.69) is 0 Å². The van der Waals surface area contributed by atoms with Crippen molar-refractivity contribution in [3.8, 4) is 5.75 Å². The van der Waals surface area contributed by atoms with Crippen LogP contribution in [-0.4, -0.2) is 11.1 Å². The number of nitrogens with two attached hydrogens (primary N) is 1. The molecule has 0 saturated heterocycles. The Balaban J connectivity index is 2.23. The normalized spacial score (nSPS) is 10.3. The fourth-order valence-electron chi connectivity index (χ4n) is 1.77. The molecule has 4 nitrogen and oxygen atoms in total. The van der Waals surface area contributed by atoms with Gasteiger partial charge in [-0.05, 0) is 6.07 Å². The molecule has 0 aliphatic rings. The third-order valence-electron chi connectivity index (χ3n) is 2.63. The summed E-state index contributed by atoms with van der Waals surface area (Å²) in [4.78, 5) is 11.1. The molecule has 0 aromatic heterocycles. The molecule has 104 valence electrons. The summed E-state index contributed by atoms with van der Waals surface area (Å²) < 4.78 is 31.2. The van der Waals surface area contributed by atoms with E-state index in [1.54, 1.807) is 6.07 Å². The fraction of sp³-hybridized carbons (Fsp3) is 0.0714. The Labute approximate surface area is 113 Å². The molecular formula is C14H11F2NO3. The minimum Gasteiger partial charge on any atom is -0.489 e. The molecule has 20 heavy (non-hydrogen) atoms. The molecule has 0 heterocycles. The molecule has 0 fully saturated rings. The van der Waals surface area contributed by atoms with Crippen LogP contribution in [0.3, 0.4) is 0 Å². The van der Waals surface area contributed by atoms with Gasteiger partial charge in [-0.25, -0.2) is 13.6 Å². The topological polar surface area (TPSA) is 72.5 Å². The molecule has 0 atom stereocenters. The maximum Gasteiger partial charge on any atom is 0.338 e. The standard InChI is InChI=1S/C14H11F2NO3/c15-9-4-10(16)6-11(5-9)20-7-8-2-1-3-12(17)13(8)14(18)19/h1-6H,7,17H2,(H,18,19). The number of ether oxygens (including phenoxy) is 1. The van der Waals surface area contributed by atoms with Crippen molar-refractivity contribution in [1.82, 2.24) is 0 Å². The van der Waals surface area contributed by atoms with Crippen LogP contribution >= 0.6 is 0 Å². The first-order chi connectivity index (χ1) is 9.47. The van der Waals surface area contributed by atoms with Gasteiger partial charge < -0.3 is 15.6 Å². The van der Waals surface area contributed by atoms with Crippen LogP contribution in [-0.2, 0) is 6.61 Å². The number of hydrogen-bond acceptors (Lipinski definition) is 3. The summed E-state index contributed by atoms with van der Waals surface area (Å²) in [6.45, 7) is -0.157. The summed E-state index contributed by atoms with van der Waals surface area (Å²) in [6, 6.07) is 7.29. The number of hydrogen-bond donors (Lipinski definition) is 2. The van der Waals surface area contributed by atoms with Gasteiger partial charge in [0.05, 0.1) is 5.56 Å². The number of carbonyl (C=O) groups is 1. The van der Waals surface area contributed by atoms with E-state index < -0.39 is 17.6 Å². The maximum absolute atomic E-state index is 13.0. The second kappa shape index (κ2) is 5.56. The first-order valence-electron chi connectivity index (χ1n) is 5.67. The van der Waals surface area contributed by atoms with Gasteiger partial charge in [0, 0.05) is 29.4 Å². The van der Waals surface area contributed by atoms with Gasteiger partial charge in [-0.15, -0.1) is 0 Å². The van der Waals surface area contributed by atoms with Crippen LogP contribution in [0.25, 0.3) is 0 Å². The second-order valence-electron chi connectivity index (χ2n) is 4.08. The average Bonchev–Trinajstić information content (AvgIpc) is 2.34. The number of aromatic carboxylic acids is 1. The molecule has 6 heteroatoms. The van der Waals surface area contributed by atoms with Gasteiger partial charge in [-0.1, -0.05) is 12.1 Å². The fourth-order valence-corrected chi connectivity index (χ4v) is 1.77. The molecule has 0 bridgehead atoms. The highest BCUT2D eigenvalue weighted by Gasteiger charge is 2.14. The van der Waals surface area contributed by atoms with Gasteiger partial charge in [0.1, 0.15) is 24.0 Å². The number of nitrogen functional groups attached to an aromatic ring is 1. The van der Waals surface area contributed by atoms with E-state index in [1.807, 2.05) is 0 Å². The van der Waals surface area contributed by atoms with Crippen LogP contribution in [0.5, 0.6) is 5.75 Å². The van der Waals surface area contributed by atoms with Gasteiger partial charge in [0.15, 0.2) is 0 Å². The zero-order valence-electron chi connectivity index (χ0n) is 10.3. The quantitative estimate of drug-likeness (QED) is 0.844. The van der Waals surface area contributed by atoms with Crippen molar-refractivity contribution in [3.63, 3.8) is 0 Å². The predicted octanol–water partition coefficient (Wildman–Crippen LogP) is 2.82. The number of benzene rings is 2. The minimum absolute atomic E-state index is 0.0266. The molecule has 0 radical (unpaired) electrons. The van der Waals surface area contributed by atoms with E-state index in [9.17, 15) is 13.6 Å². The monoisotopic (exact) mass is 279 g/mol.